The summed E-state index contributed by atoms with van der Waals surface area (Å²) in [5.74, 6) is 1.44. The number of piperazine rings is 1. The van der Waals surface area contributed by atoms with Crippen LogP contribution in [-0.2, 0) is 4.74 Å². The highest BCUT2D eigenvalue weighted by molar-refractivity contribution is 6.17. The lowest BCUT2D eigenvalue weighted by Gasteiger charge is -2.35. The summed E-state index contributed by atoms with van der Waals surface area (Å²) < 4.78 is 16.3. The molecule has 4 rings (SSSR count). The number of benzene rings is 2. The van der Waals surface area contributed by atoms with E-state index in [0.717, 1.165) is 43.3 Å². The number of nitrogens with one attached hydrogen (secondary N) is 1. The fourth-order valence-corrected chi connectivity index (χ4v) is 4.69. The summed E-state index contributed by atoms with van der Waals surface area (Å²) in [5.41, 5.74) is 8.06. The Morgan fingerprint density at radius 1 is 0.977 bits per heavy atom. The molecule has 2 heterocycles. The van der Waals surface area contributed by atoms with E-state index < -0.39 is 17.7 Å². The van der Waals surface area contributed by atoms with Crippen LogP contribution in [0.4, 0.5) is 44.0 Å². The molecule has 0 atom stereocenters. The van der Waals surface area contributed by atoms with Crippen LogP contribution in [0.2, 0.25) is 0 Å². The number of urea groups is 1. The Morgan fingerprint density at radius 3 is 2.20 bits per heavy atom. The van der Waals surface area contributed by atoms with Crippen molar-refractivity contribution in [2.75, 3.05) is 79.7 Å². The number of hydrogen-bond donors (Lipinski definition) is 2. The smallest absolute Gasteiger partial charge is 0.423 e. The van der Waals surface area contributed by atoms with Crippen molar-refractivity contribution in [3.8, 4) is 11.5 Å². The third-order valence-corrected chi connectivity index (χ3v) is 7.13. The van der Waals surface area contributed by atoms with E-state index in [-0.39, 0.29) is 11.5 Å². The van der Waals surface area contributed by atoms with Gasteiger partial charge < -0.3 is 35.1 Å². The van der Waals surface area contributed by atoms with Crippen LogP contribution in [0.1, 0.15) is 27.7 Å². The Bertz CT molecular complexity index is 1450. The van der Waals surface area contributed by atoms with Gasteiger partial charge in [0.15, 0.2) is 0 Å². The van der Waals surface area contributed by atoms with Crippen molar-refractivity contribution in [1.29, 1.82) is 0 Å². The van der Waals surface area contributed by atoms with E-state index in [1.165, 1.54) is 32.5 Å². The molecule has 3 amide bonds. The number of ether oxygens (including phenoxy) is 3. The number of amides is 3. The van der Waals surface area contributed by atoms with E-state index in [4.69, 9.17) is 19.9 Å². The Balaban J connectivity index is 1.57. The number of imide groups is 1. The van der Waals surface area contributed by atoms with Crippen LogP contribution in [0, 0.1) is 0 Å². The quantitative estimate of drug-likeness (QED) is 0.337. The third kappa shape index (κ3) is 7.78. The number of nitrogens with two attached hydrogens (primary N) is 1. The lowest BCUT2D eigenvalue weighted by atomic mass is 10.2. The fraction of sp³-hybridized carbons (Fsp3) is 0.419. The second kappa shape index (κ2) is 13.7. The molecule has 1 aliphatic rings. The van der Waals surface area contributed by atoms with Crippen LogP contribution >= 0.6 is 0 Å². The van der Waals surface area contributed by atoms with Gasteiger partial charge in [0.25, 0.3) is 0 Å². The maximum atomic E-state index is 13.9. The number of nitrogens with zero attached hydrogens (tertiary/aromatic N) is 6. The molecule has 0 bridgehead atoms. The SMILES string of the molecule is CCN1CCN(c2ccc(Nc3cc(N(C)C(=O)N(C(=O)OC(C)(C)C)c4cc(OC)cc(OC)c4)ncn3)c(N)c2)CC1. The Kier molecular flexibility index (Phi) is 9.99. The third-order valence-electron chi connectivity index (χ3n) is 7.13. The van der Waals surface area contributed by atoms with Gasteiger partial charge in [-0.1, -0.05) is 6.92 Å². The molecule has 0 radical (unpaired) electrons. The van der Waals surface area contributed by atoms with Gasteiger partial charge in [-0.2, -0.15) is 4.90 Å². The first-order valence-electron chi connectivity index (χ1n) is 14.4. The molecule has 1 aliphatic heterocycles. The minimum Gasteiger partial charge on any atom is -0.497 e. The molecule has 44 heavy (non-hydrogen) atoms. The summed E-state index contributed by atoms with van der Waals surface area (Å²) in [5, 5.41) is 3.22. The van der Waals surface area contributed by atoms with Crippen LogP contribution in [0.5, 0.6) is 11.5 Å². The highest BCUT2D eigenvalue weighted by atomic mass is 16.6. The van der Waals surface area contributed by atoms with Crippen molar-refractivity contribution in [3.05, 3.63) is 48.8 Å². The number of anilines is 6. The maximum Gasteiger partial charge on any atom is 0.423 e. The molecule has 0 unspecified atom stereocenters. The molecule has 0 saturated carbocycles. The molecular formula is C31H42N8O5. The van der Waals surface area contributed by atoms with E-state index in [9.17, 15) is 9.59 Å². The average Bonchev–Trinajstić information content (AvgIpc) is 3.00. The fourth-order valence-electron chi connectivity index (χ4n) is 4.69. The molecule has 3 aromatic rings. The number of likely N-dealkylation sites (N-methyl/N-ethyl adjacent to an activating group) is 1. The topological polar surface area (TPSA) is 139 Å². The van der Waals surface area contributed by atoms with Crippen LogP contribution in [0.15, 0.2) is 48.8 Å². The van der Waals surface area contributed by atoms with E-state index in [2.05, 4.69) is 32.0 Å². The Hall–Kier alpha value is -4.78. The second-order valence-electron chi connectivity index (χ2n) is 11.3. The first kappa shape index (κ1) is 32.1. The minimum atomic E-state index is -0.874. The number of carbonyl (C=O) groups is 2. The maximum absolute atomic E-state index is 13.9. The van der Waals surface area contributed by atoms with E-state index in [0.29, 0.717) is 28.7 Å². The summed E-state index contributed by atoms with van der Waals surface area (Å²) in [6.07, 6.45) is 0.451. The highest BCUT2D eigenvalue weighted by Gasteiger charge is 2.33. The van der Waals surface area contributed by atoms with Crippen molar-refractivity contribution < 1.29 is 23.8 Å². The molecule has 3 N–H and O–H groups in total. The average molecular weight is 607 g/mol. The first-order chi connectivity index (χ1) is 20.9. The predicted octanol–water partition coefficient (Wildman–Crippen LogP) is 4.96. The van der Waals surface area contributed by atoms with Gasteiger partial charge in [-0.25, -0.2) is 19.6 Å². The van der Waals surface area contributed by atoms with Crippen molar-refractivity contribution in [1.82, 2.24) is 14.9 Å². The van der Waals surface area contributed by atoms with Crippen molar-refractivity contribution >= 4 is 46.5 Å². The van der Waals surface area contributed by atoms with E-state index in [1.54, 1.807) is 45.0 Å². The summed E-state index contributed by atoms with van der Waals surface area (Å²) >= 11 is 0. The summed E-state index contributed by atoms with van der Waals surface area (Å²) in [6.45, 7) is 12.3. The molecule has 2 aromatic carbocycles. The van der Waals surface area contributed by atoms with Crippen LogP contribution in [-0.4, -0.2) is 86.6 Å². The van der Waals surface area contributed by atoms with Gasteiger partial charge in [0.1, 0.15) is 35.1 Å². The Labute approximate surface area is 258 Å². The number of nitrogen functional groups attached to an aromatic ring is 1. The standard InChI is InChI=1S/C31H42N8O5/c1-8-37-11-13-38(14-12-37)21-9-10-26(25(32)17-21)35-27-19-28(34-20-33-27)36(5)29(40)39(30(41)44-31(2,3)4)22-15-23(42-6)18-24(16-22)43-7/h9-10,15-20H,8,11-14,32H2,1-7H3,(H,33,34,35). The van der Waals surface area contributed by atoms with E-state index >= 15 is 0 Å². The van der Waals surface area contributed by atoms with Crippen LogP contribution in [0.3, 0.4) is 0 Å². The molecule has 1 fully saturated rings. The molecule has 1 aromatic heterocycles. The van der Waals surface area contributed by atoms with Gasteiger partial charge in [-0.3, -0.25) is 4.90 Å². The number of carbonyl (C=O) groups excluding carboxylic acids is 2. The molecule has 13 nitrogen and oxygen atoms in total. The number of aromatic nitrogens is 2. The highest BCUT2D eigenvalue weighted by Crippen LogP contribution is 2.32. The largest absolute Gasteiger partial charge is 0.497 e. The van der Waals surface area contributed by atoms with Crippen LogP contribution in [0.25, 0.3) is 0 Å². The monoisotopic (exact) mass is 606 g/mol. The molecule has 1 saturated heterocycles. The second-order valence-corrected chi connectivity index (χ2v) is 11.3. The molecular weight excluding hydrogens is 564 g/mol. The minimum absolute atomic E-state index is 0.198. The molecule has 0 spiro atoms. The number of methoxy groups -OCH3 is 2. The summed E-state index contributed by atoms with van der Waals surface area (Å²) in [4.78, 5) is 42.7. The van der Waals surface area contributed by atoms with Crippen molar-refractivity contribution in [2.45, 2.75) is 33.3 Å². The normalized spacial score (nSPS) is 13.7. The predicted molar refractivity (Wildman–Crippen MR) is 173 cm³/mol. The van der Waals surface area contributed by atoms with Gasteiger partial charge in [-0.15, -0.1) is 0 Å². The van der Waals surface area contributed by atoms with E-state index in [1.807, 2.05) is 18.2 Å². The van der Waals surface area contributed by atoms with Gasteiger partial charge in [0.2, 0.25) is 0 Å². The van der Waals surface area contributed by atoms with Crippen LogP contribution < -0.4 is 35.2 Å². The molecule has 236 valence electrons. The zero-order valence-corrected chi connectivity index (χ0v) is 26.5. The van der Waals surface area contributed by atoms with Crippen molar-refractivity contribution in [3.63, 3.8) is 0 Å². The number of hydrogen-bond acceptors (Lipinski definition) is 11. The van der Waals surface area contributed by atoms with Gasteiger partial charge in [0, 0.05) is 63.2 Å². The Morgan fingerprint density at radius 2 is 1.64 bits per heavy atom. The lowest BCUT2D eigenvalue weighted by Crippen LogP contribution is -2.47. The zero-order chi connectivity index (χ0) is 32.0. The van der Waals surface area contributed by atoms with Gasteiger partial charge in [-0.05, 0) is 45.5 Å². The molecule has 13 heteroatoms. The summed E-state index contributed by atoms with van der Waals surface area (Å²) in [7, 11) is 4.46. The van der Waals surface area contributed by atoms with Crippen molar-refractivity contribution in [2.24, 2.45) is 0 Å². The van der Waals surface area contributed by atoms with Gasteiger partial charge in [0.05, 0.1) is 31.3 Å². The lowest BCUT2D eigenvalue weighted by molar-refractivity contribution is 0.0594. The molecule has 0 aliphatic carbocycles. The first-order valence-corrected chi connectivity index (χ1v) is 14.4. The summed E-state index contributed by atoms with van der Waals surface area (Å²) in [6, 6.07) is 11.5. The zero-order valence-electron chi connectivity index (χ0n) is 26.5. The van der Waals surface area contributed by atoms with Gasteiger partial charge >= 0.3 is 12.1 Å². The number of rotatable bonds is 8.